The Morgan fingerprint density at radius 1 is 1.29 bits per heavy atom. The van der Waals surface area contributed by atoms with Crippen molar-refractivity contribution in [1.29, 1.82) is 0 Å². The highest BCUT2D eigenvalue weighted by Gasteiger charge is 2.34. The van der Waals surface area contributed by atoms with E-state index in [0.717, 1.165) is 17.6 Å². The number of rotatable bonds is 2. The zero-order valence-corrected chi connectivity index (χ0v) is 12.5. The molecule has 17 heavy (non-hydrogen) atoms. The van der Waals surface area contributed by atoms with Crippen LogP contribution in [0.25, 0.3) is 0 Å². The van der Waals surface area contributed by atoms with Crippen molar-refractivity contribution in [3.8, 4) is 0 Å². The van der Waals surface area contributed by atoms with E-state index in [0.29, 0.717) is 0 Å². The smallest absolute Gasteiger partial charge is 0.0459 e. The summed E-state index contributed by atoms with van der Waals surface area (Å²) in [6, 6.07) is 6.63. The summed E-state index contributed by atoms with van der Waals surface area (Å²) in [5, 5.41) is 3.57. The normalized spacial score (nSPS) is 20.5. The average molecular weight is 297 g/mol. The standard InChI is InChI=1S/C14H21BrN2/c1-11-10-12(15)4-5-13(11)14(16-2)6-8-17(3)9-7-14/h4-5,10,16H,6-9H2,1-3H3. The lowest BCUT2D eigenvalue weighted by molar-refractivity contribution is 0.164. The molecule has 1 N–H and O–H groups in total. The molecule has 2 rings (SSSR count). The van der Waals surface area contributed by atoms with Gasteiger partial charge in [-0.1, -0.05) is 22.0 Å². The van der Waals surface area contributed by atoms with Gasteiger partial charge >= 0.3 is 0 Å². The molecule has 3 heteroatoms. The molecule has 0 aromatic heterocycles. The van der Waals surface area contributed by atoms with E-state index >= 15 is 0 Å². The van der Waals surface area contributed by atoms with Crippen molar-refractivity contribution < 1.29 is 0 Å². The van der Waals surface area contributed by atoms with Crippen molar-refractivity contribution in [2.75, 3.05) is 27.2 Å². The van der Waals surface area contributed by atoms with Gasteiger partial charge in [-0.15, -0.1) is 0 Å². The molecule has 0 amide bonds. The Bertz CT molecular complexity index is 395. The van der Waals surface area contributed by atoms with E-state index in [-0.39, 0.29) is 5.54 Å². The Kier molecular flexibility index (Phi) is 3.91. The predicted molar refractivity (Wildman–Crippen MR) is 76.3 cm³/mol. The number of hydrogen-bond acceptors (Lipinski definition) is 2. The van der Waals surface area contributed by atoms with Crippen LogP contribution in [0.5, 0.6) is 0 Å². The number of aryl methyl sites for hydroxylation is 1. The van der Waals surface area contributed by atoms with Crippen LogP contribution in [-0.2, 0) is 5.54 Å². The van der Waals surface area contributed by atoms with Crippen LogP contribution in [0.4, 0.5) is 0 Å². The van der Waals surface area contributed by atoms with E-state index in [1.807, 2.05) is 0 Å². The average Bonchev–Trinajstić information content (AvgIpc) is 2.31. The molecule has 1 heterocycles. The van der Waals surface area contributed by atoms with Gasteiger partial charge in [0.05, 0.1) is 0 Å². The maximum Gasteiger partial charge on any atom is 0.0459 e. The minimum atomic E-state index is 0.164. The molecule has 0 spiro atoms. The summed E-state index contributed by atoms with van der Waals surface area (Å²) in [5.41, 5.74) is 2.99. The highest BCUT2D eigenvalue weighted by atomic mass is 79.9. The predicted octanol–water partition coefficient (Wildman–Crippen LogP) is 2.90. The van der Waals surface area contributed by atoms with E-state index in [4.69, 9.17) is 0 Å². The fourth-order valence-electron chi connectivity index (χ4n) is 2.82. The molecule has 1 aliphatic rings. The second-order valence-corrected chi connectivity index (χ2v) is 6.01. The zero-order valence-electron chi connectivity index (χ0n) is 10.9. The lowest BCUT2D eigenvalue weighted by Crippen LogP contribution is -2.49. The van der Waals surface area contributed by atoms with Gasteiger partial charge in [-0.3, -0.25) is 0 Å². The van der Waals surface area contributed by atoms with Crippen molar-refractivity contribution in [2.24, 2.45) is 0 Å². The number of halogens is 1. The molecule has 1 aliphatic heterocycles. The van der Waals surface area contributed by atoms with Crippen LogP contribution in [0.2, 0.25) is 0 Å². The minimum Gasteiger partial charge on any atom is -0.310 e. The van der Waals surface area contributed by atoms with Crippen LogP contribution in [0.3, 0.4) is 0 Å². The molecule has 0 atom stereocenters. The second-order valence-electron chi connectivity index (χ2n) is 5.09. The largest absolute Gasteiger partial charge is 0.310 e. The summed E-state index contributed by atoms with van der Waals surface area (Å²) < 4.78 is 1.16. The molecule has 1 aromatic carbocycles. The molecule has 0 aliphatic carbocycles. The lowest BCUT2D eigenvalue weighted by Gasteiger charge is -2.42. The van der Waals surface area contributed by atoms with Gasteiger partial charge in [0.1, 0.15) is 0 Å². The Labute approximate surface area is 113 Å². The number of hydrogen-bond donors (Lipinski definition) is 1. The van der Waals surface area contributed by atoms with Crippen molar-refractivity contribution in [2.45, 2.75) is 25.3 Å². The quantitative estimate of drug-likeness (QED) is 0.903. The first-order valence-electron chi connectivity index (χ1n) is 6.21. The van der Waals surface area contributed by atoms with Gasteiger partial charge in [-0.25, -0.2) is 0 Å². The Hall–Kier alpha value is -0.380. The molecule has 1 saturated heterocycles. The number of nitrogens with zero attached hydrogens (tertiary/aromatic N) is 1. The summed E-state index contributed by atoms with van der Waals surface area (Å²) >= 11 is 3.54. The van der Waals surface area contributed by atoms with E-state index in [2.05, 4.69) is 65.4 Å². The number of nitrogens with one attached hydrogen (secondary N) is 1. The van der Waals surface area contributed by atoms with Gasteiger partial charge in [0.15, 0.2) is 0 Å². The van der Waals surface area contributed by atoms with Crippen LogP contribution in [0.15, 0.2) is 22.7 Å². The highest BCUT2D eigenvalue weighted by Crippen LogP contribution is 2.35. The number of likely N-dealkylation sites (tertiary alicyclic amines) is 1. The first kappa shape index (κ1) is 13.1. The third kappa shape index (κ3) is 2.56. The van der Waals surface area contributed by atoms with Gasteiger partial charge in [-0.05, 0) is 70.2 Å². The maximum atomic E-state index is 3.57. The summed E-state index contributed by atoms with van der Waals surface area (Å²) in [6.07, 6.45) is 2.37. The number of piperidine rings is 1. The van der Waals surface area contributed by atoms with Crippen molar-refractivity contribution in [1.82, 2.24) is 10.2 Å². The fraction of sp³-hybridized carbons (Fsp3) is 0.571. The van der Waals surface area contributed by atoms with Crippen LogP contribution < -0.4 is 5.32 Å². The fourth-order valence-corrected chi connectivity index (χ4v) is 3.29. The van der Waals surface area contributed by atoms with Gasteiger partial charge in [0, 0.05) is 10.0 Å². The monoisotopic (exact) mass is 296 g/mol. The molecule has 1 fully saturated rings. The molecule has 0 unspecified atom stereocenters. The molecular weight excluding hydrogens is 276 g/mol. The Morgan fingerprint density at radius 2 is 1.94 bits per heavy atom. The summed E-state index contributed by atoms with van der Waals surface area (Å²) in [4.78, 5) is 2.41. The molecule has 2 nitrogen and oxygen atoms in total. The van der Waals surface area contributed by atoms with E-state index in [1.165, 1.54) is 24.0 Å². The van der Waals surface area contributed by atoms with Gasteiger partial charge in [0.2, 0.25) is 0 Å². The van der Waals surface area contributed by atoms with Gasteiger partial charge < -0.3 is 10.2 Å². The van der Waals surface area contributed by atoms with Crippen molar-refractivity contribution in [3.63, 3.8) is 0 Å². The van der Waals surface area contributed by atoms with Gasteiger partial charge in [0.25, 0.3) is 0 Å². The molecule has 94 valence electrons. The van der Waals surface area contributed by atoms with E-state index in [1.54, 1.807) is 0 Å². The first-order valence-corrected chi connectivity index (χ1v) is 7.01. The summed E-state index contributed by atoms with van der Waals surface area (Å²) in [7, 11) is 4.29. The Morgan fingerprint density at radius 3 is 2.47 bits per heavy atom. The highest BCUT2D eigenvalue weighted by molar-refractivity contribution is 9.10. The molecular formula is C14H21BrN2. The first-order chi connectivity index (χ1) is 8.07. The zero-order chi connectivity index (χ0) is 12.5. The van der Waals surface area contributed by atoms with E-state index in [9.17, 15) is 0 Å². The number of benzene rings is 1. The van der Waals surface area contributed by atoms with Crippen LogP contribution >= 0.6 is 15.9 Å². The second kappa shape index (κ2) is 5.09. The SMILES string of the molecule is CNC1(c2ccc(Br)cc2C)CCN(C)CC1. The van der Waals surface area contributed by atoms with Crippen LogP contribution in [-0.4, -0.2) is 32.1 Å². The molecule has 0 saturated carbocycles. The third-order valence-electron chi connectivity index (χ3n) is 4.02. The van der Waals surface area contributed by atoms with Crippen molar-refractivity contribution >= 4 is 15.9 Å². The molecule has 0 radical (unpaired) electrons. The minimum absolute atomic E-state index is 0.164. The molecule has 1 aromatic rings. The molecule has 0 bridgehead atoms. The van der Waals surface area contributed by atoms with Gasteiger partial charge in [-0.2, -0.15) is 0 Å². The van der Waals surface area contributed by atoms with Crippen LogP contribution in [0, 0.1) is 6.92 Å². The Balaban J connectivity index is 2.34. The summed E-state index contributed by atoms with van der Waals surface area (Å²) in [6.45, 7) is 4.53. The van der Waals surface area contributed by atoms with E-state index < -0.39 is 0 Å². The topological polar surface area (TPSA) is 15.3 Å². The van der Waals surface area contributed by atoms with Crippen molar-refractivity contribution in [3.05, 3.63) is 33.8 Å². The third-order valence-corrected chi connectivity index (χ3v) is 4.52. The lowest BCUT2D eigenvalue weighted by atomic mass is 9.79. The van der Waals surface area contributed by atoms with Crippen LogP contribution in [0.1, 0.15) is 24.0 Å². The maximum absolute atomic E-state index is 3.57. The summed E-state index contributed by atoms with van der Waals surface area (Å²) in [5.74, 6) is 0.